The number of hydrogen-bond acceptors (Lipinski definition) is 2. The summed E-state index contributed by atoms with van der Waals surface area (Å²) in [5.74, 6) is -1.17. The number of likely N-dealkylation sites (tertiary alicyclic amines) is 1. The van der Waals surface area contributed by atoms with Crippen LogP contribution in [0.3, 0.4) is 0 Å². The number of nitrogens with zero attached hydrogens (tertiary/aromatic N) is 1. The molecule has 0 aliphatic carbocycles. The van der Waals surface area contributed by atoms with Gasteiger partial charge in [-0.2, -0.15) is 13.2 Å². The second-order valence-electron chi connectivity index (χ2n) is 6.90. The van der Waals surface area contributed by atoms with E-state index in [1.165, 1.54) is 29.2 Å². The Balaban J connectivity index is 2.17. The monoisotopic (exact) mass is 342 g/mol. The van der Waals surface area contributed by atoms with Crippen LogP contribution in [0.2, 0.25) is 0 Å². The maximum absolute atomic E-state index is 13.1. The van der Waals surface area contributed by atoms with E-state index in [-0.39, 0.29) is 23.9 Å². The van der Waals surface area contributed by atoms with Crippen molar-refractivity contribution < 1.29 is 22.8 Å². The van der Waals surface area contributed by atoms with Crippen molar-refractivity contribution in [3.8, 4) is 0 Å². The molecule has 4 nitrogen and oxygen atoms in total. The first-order chi connectivity index (χ1) is 10.9. The highest BCUT2D eigenvalue weighted by molar-refractivity contribution is 5.95. The van der Waals surface area contributed by atoms with Gasteiger partial charge in [0.1, 0.15) is 0 Å². The van der Waals surface area contributed by atoms with Gasteiger partial charge in [0.05, 0.1) is 11.3 Å². The molecule has 0 spiro atoms. The fourth-order valence-corrected chi connectivity index (χ4v) is 2.88. The molecule has 132 valence electrons. The van der Waals surface area contributed by atoms with Crippen molar-refractivity contribution >= 4 is 11.8 Å². The summed E-state index contributed by atoms with van der Waals surface area (Å²) in [6, 6.07) is 5.44. The average Bonchev–Trinajstić information content (AvgIpc) is 2.87. The second-order valence-corrected chi connectivity index (χ2v) is 6.90. The molecular weight excluding hydrogens is 321 g/mol. The minimum Gasteiger partial charge on any atom is -0.369 e. The Bertz CT molecular complexity index is 638. The van der Waals surface area contributed by atoms with E-state index < -0.39 is 23.4 Å². The topological polar surface area (TPSA) is 63.4 Å². The first-order valence-electron chi connectivity index (χ1n) is 7.71. The number of alkyl halides is 3. The van der Waals surface area contributed by atoms with Gasteiger partial charge in [-0.3, -0.25) is 9.59 Å². The standard InChI is InChI=1S/C17H21F3N2O2/c1-10-8-22(9-13(10)14(21)23)15(24)11-4-6-12(7-5-11)16(2,3)17(18,19)20/h4-7,10,13H,8-9H2,1-3H3,(H2,21,23)/t10-,13-/m1/s1. The summed E-state index contributed by atoms with van der Waals surface area (Å²) in [7, 11) is 0. The highest BCUT2D eigenvalue weighted by Crippen LogP contribution is 2.40. The van der Waals surface area contributed by atoms with Gasteiger partial charge in [-0.25, -0.2) is 0 Å². The Kier molecular flexibility index (Phi) is 4.65. The van der Waals surface area contributed by atoms with E-state index in [9.17, 15) is 22.8 Å². The summed E-state index contributed by atoms with van der Waals surface area (Å²) >= 11 is 0. The molecule has 1 aliphatic rings. The number of hydrogen-bond donors (Lipinski definition) is 1. The quantitative estimate of drug-likeness (QED) is 0.918. The molecule has 2 amide bonds. The molecule has 1 aliphatic heterocycles. The lowest BCUT2D eigenvalue weighted by Crippen LogP contribution is -2.36. The Morgan fingerprint density at radius 1 is 1.12 bits per heavy atom. The van der Waals surface area contributed by atoms with E-state index in [0.717, 1.165) is 13.8 Å². The zero-order valence-corrected chi connectivity index (χ0v) is 13.9. The van der Waals surface area contributed by atoms with Crippen LogP contribution in [0.1, 0.15) is 36.7 Å². The van der Waals surface area contributed by atoms with Crippen molar-refractivity contribution in [3.05, 3.63) is 35.4 Å². The van der Waals surface area contributed by atoms with E-state index in [1.54, 1.807) is 0 Å². The summed E-state index contributed by atoms with van der Waals surface area (Å²) in [5, 5.41) is 0. The van der Waals surface area contributed by atoms with Crippen LogP contribution in [-0.2, 0) is 10.2 Å². The fourth-order valence-electron chi connectivity index (χ4n) is 2.88. The number of halogens is 3. The molecule has 1 saturated heterocycles. The molecule has 0 bridgehead atoms. The number of benzene rings is 1. The molecule has 0 saturated carbocycles. The summed E-state index contributed by atoms with van der Waals surface area (Å²) in [6.45, 7) is 4.69. The van der Waals surface area contributed by atoms with Crippen molar-refractivity contribution in [2.45, 2.75) is 32.4 Å². The highest BCUT2D eigenvalue weighted by atomic mass is 19.4. The maximum atomic E-state index is 13.1. The van der Waals surface area contributed by atoms with Gasteiger partial charge in [0.15, 0.2) is 0 Å². The normalized spacial score (nSPS) is 21.8. The molecule has 24 heavy (non-hydrogen) atoms. The zero-order chi connectivity index (χ0) is 18.3. The molecule has 1 aromatic carbocycles. The number of amides is 2. The Morgan fingerprint density at radius 2 is 1.67 bits per heavy atom. The zero-order valence-electron chi connectivity index (χ0n) is 13.9. The van der Waals surface area contributed by atoms with E-state index in [4.69, 9.17) is 5.73 Å². The number of carbonyl (C=O) groups excluding carboxylic acids is 2. The van der Waals surface area contributed by atoms with Gasteiger partial charge < -0.3 is 10.6 Å². The van der Waals surface area contributed by atoms with Crippen LogP contribution in [0, 0.1) is 11.8 Å². The van der Waals surface area contributed by atoms with Crippen molar-refractivity contribution in [2.75, 3.05) is 13.1 Å². The molecule has 0 aromatic heterocycles. The molecule has 0 unspecified atom stereocenters. The third-order valence-corrected chi connectivity index (χ3v) is 4.83. The average molecular weight is 342 g/mol. The first-order valence-corrected chi connectivity index (χ1v) is 7.71. The number of primary amides is 1. The highest BCUT2D eigenvalue weighted by Gasteiger charge is 2.48. The van der Waals surface area contributed by atoms with Gasteiger partial charge in [0.2, 0.25) is 5.91 Å². The Hall–Kier alpha value is -2.05. The van der Waals surface area contributed by atoms with Crippen molar-refractivity contribution in [1.29, 1.82) is 0 Å². The molecule has 2 N–H and O–H groups in total. The summed E-state index contributed by atoms with van der Waals surface area (Å²) < 4.78 is 39.2. The van der Waals surface area contributed by atoms with Crippen LogP contribution in [-0.4, -0.2) is 36.0 Å². The van der Waals surface area contributed by atoms with Crippen LogP contribution in [0.4, 0.5) is 13.2 Å². The lowest BCUT2D eigenvalue weighted by molar-refractivity contribution is -0.180. The Morgan fingerprint density at radius 3 is 2.08 bits per heavy atom. The van der Waals surface area contributed by atoms with Crippen LogP contribution in [0.15, 0.2) is 24.3 Å². The third-order valence-electron chi connectivity index (χ3n) is 4.83. The first kappa shape index (κ1) is 18.3. The largest absolute Gasteiger partial charge is 0.397 e. The number of nitrogens with two attached hydrogens (primary N) is 1. The van der Waals surface area contributed by atoms with Crippen LogP contribution >= 0.6 is 0 Å². The third kappa shape index (κ3) is 3.25. The molecule has 1 aromatic rings. The van der Waals surface area contributed by atoms with E-state index in [2.05, 4.69) is 0 Å². The van der Waals surface area contributed by atoms with E-state index in [1.807, 2.05) is 6.92 Å². The summed E-state index contributed by atoms with van der Waals surface area (Å²) in [6.07, 6.45) is -4.38. The van der Waals surface area contributed by atoms with E-state index in [0.29, 0.717) is 12.1 Å². The fraction of sp³-hybridized carbons (Fsp3) is 0.529. The lowest BCUT2D eigenvalue weighted by Gasteiger charge is -2.28. The smallest absolute Gasteiger partial charge is 0.369 e. The molecule has 2 atom stereocenters. The van der Waals surface area contributed by atoms with Gasteiger partial charge in [-0.1, -0.05) is 19.1 Å². The molecule has 2 rings (SSSR count). The van der Waals surface area contributed by atoms with Gasteiger partial charge >= 0.3 is 6.18 Å². The molecular formula is C17H21F3N2O2. The minimum absolute atomic E-state index is 0.0325. The summed E-state index contributed by atoms with van der Waals surface area (Å²) in [5.41, 5.74) is 3.72. The van der Waals surface area contributed by atoms with Crippen LogP contribution in [0.25, 0.3) is 0 Å². The van der Waals surface area contributed by atoms with Crippen molar-refractivity contribution in [2.24, 2.45) is 17.6 Å². The molecule has 7 heteroatoms. The predicted molar refractivity (Wildman–Crippen MR) is 83.3 cm³/mol. The van der Waals surface area contributed by atoms with Gasteiger partial charge in [0, 0.05) is 18.7 Å². The van der Waals surface area contributed by atoms with Crippen LogP contribution in [0.5, 0.6) is 0 Å². The van der Waals surface area contributed by atoms with E-state index >= 15 is 0 Å². The molecule has 1 fully saturated rings. The van der Waals surface area contributed by atoms with Crippen molar-refractivity contribution in [3.63, 3.8) is 0 Å². The molecule has 0 radical (unpaired) electrons. The van der Waals surface area contributed by atoms with Gasteiger partial charge in [-0.15, -0.1) is 0 Å². The second kappa shape index (κ2) is 6.11. The Labute approximate surface area is 138 Å². The van der Waals surface area contributed by atoms with Crippen LogP contribution < -0.4 is 5.73 Å². The molecule has 1 heterocycles. The SMILES string of the molecule is C[C@@H]1CN(C(=O)c2ccc(C(C)(C)C(F)(F)F)cc2)C[C@H]1C(N)=O. The summed E-state index contributed by atoms with van der Waals surface area (Å²) in [4.78, 5) is 25.3. The van der Waals surface area contributed by atoms with Gasteiger partial charge in [0.25, 0.3) is 5.91 Å². The number of carbonyl (C=O) groups is 2. The lowest BCUT2D eigenvalue weighted by atomic mass is 9.83. The minimum atomic E-state index is -4.38. The maximum Gasteiger partial charge on any atom is 0.397 e. The van der Waals surface area contributed by atoms with Gasteiger partial charge in [-0.05, 0) is 37.5 Å². The van der Waals surface area contributed by atoms with Crippen molar-refractivity contribution in [1.82, 2.24) is 4.90 Å². The number of rotatable bonds is 3. The predicted octanol–water partition coefficient (Wildman–Crippen LogP) is 2.72.